The molecule has 0 rings (SSSR count). The monoisotopic (exact) mass is 194 g/mol. The molecule has 0 spiro atoms. The average Bonchev–Trinajstić information content (AvgIpc) is 2.17. The molecule has 0 heterocycles. The lowest BCUT2D eigenvalue weighted by atomic mass is 10.0. The molecule has 0 saturated carbocycles. The van der Waals surface area contributed by atoms with Crippen LogP contribution in [-0.4, -0.2) is 5.78 Å². The van der Waals surface area contributed by atoms with E-state index in [0.717, 1.165) is 11.1 Å². The summed E-state index contributed by atoms with van der Waals surface area (Å²) in [5.41, 5.74) is 2.20. The molecule has 0 unspecified atom stereocenters. The third-order valence-corrected chi connectivity index (χ3v) is 1.66. The van der Waals surface area contributed by atoms with Crippen molar-refractivity contribution >= 4 is 5.78 Å². The Morgan fingerprint density at radius 2 is 1.79 bits per heavy atom. The smallest absolute Gasteiger partial charge is 0.134 e. The summed E-state index contributed by atoms with van der Waals surface area (Å²) in [6, 6.07) is 0. The van der Waals surface area contributed by atoms with E-state index in [4.69, 9.17) is 0 Å². The van der Waals surface area contributed by atoms with Crippen LogP contribution in [0.4, 0.5) is 0 Å². The van der Waals surface area contributed by atoms with E-state index >= 15 is 0 Å². The van der Waals surface area contributed by atoms with Crippen LogP contribution in [0.25, 0.3) is 0 Å². The molecule has 0 fully saturated rings. The minimum atomic E-state index is 0.194. The molecule has 0 aliphatic rings. The summed E-state index contributed by atoms with van der Waals surface area (Å²) in [6.07, 6.45) is 6.14. The van der Waals surface area contributed by atoms with Crippen LogP contribution >= 0.6 is 0 Å². The van der Waals surface area contributed by atoms with Gasteiger partial charge in [0.25, 0.3) is 0 Å². The molecule has 0 aliphatic heterocycles. The van der Waals surface area contributed by atoms with E-state index in [0.29, 0.717) is 6.42 Å². The van der Waals surface area contributed by atoms with Crippen molar-refractivity contribution in [3.63, 3.8) is 0 Å². The second-order valence-electron chi connectivity index (χ2n) is 2.78. The van der Waals surface area contributed by atoms with Gasteiger partial charge in [0.15, 0.2) is 0 Å². The minimum Gasteiger partial charge on any atom is -0.300 e. The predicted octanol–water partition coefficient (Wildman–Crippen LogP) is 4.07. The molecule has 0 aromatic heterocycles. The molecule has 0 saturated heterocycles. The molecule has 0 aliphatic carbocycles. The van der Waals surface area contributed by atoms with Gasteiger partial charge in [0, 0.05) is 6.42 Å². The number of carbonyl (C=O) groups is 1. The largest absolute Gasteiger partial charge is 0.300 e. The first-order valence-corrected chi connectivity index (χ1v) is 5.06. The maximum atomic E-state index is 10.8. The fraction of sp³-hybridized carbons (Fsp3) is 0.462. The first-order valence-electron chi connectivity index (χ1n) is 5.06. The first-order chi connectivity index (χ1) is 6.61. The Balaban J connectivity index is 0. The van der Waals surface area contributed by atoms with E-state index in [1.807, 2.05) is 39.8 Å². The summed E-state index contributed by atoms with van der Waals surface area (Å²) >= 11 is 0. The van der Waals surface area contributed by atoms with Crippen molar-refractivity contribution in [1.29, 1.82) is 0 Å². The molecule has 1 nitrogen and oxygen atoms in total. The van der Waals surface area contributed by atoms with Crippen LogP contribution in [-0.2, 0) is 4.79 Å². The molecule has 0 aromatic rings. The van der Waals surface area contributed by atoms with Gasteiger partial charge in [0.05, 0.1) is 0 Å². The Bertz CT molecular complexity index is 232. The van der Waals surface area contributed by atoms with Crippen molar-refractivity contribution < 1.29 is 4.79 Å². The Labute approximate surface area is 88.2 Å². The highest BCUT2D eigenvalue weighted by molar-refractivity contribution is 5.79. The summed E-state index contributed by atoms with van der Waals surface area (Å²) in [5.74, 6) is 0.194. The van der Waals surface area contributed by atoms with Crippen LogP contribution in [0.5, 0.6) is 0 Å². The highest BCUT2D eigenvalue weighted by Gasteiger charge is 2.00. The molecule has 1 heteroatoms. The summed E-state index contributed by atoms with van der Waals surface area (Å²) in [4.78, 5) is 10.8. The quantitative estimate of drug-likeness (QED) is 0.616. The van der Waals surface area contributed by atoms with Gasteiger partial charge in [-0.1, -0.05) is 38.7 Å². The maximum absolute atomic E-state index is 10.8. The van der Waals surface area contributed by atoms with E-state index < -0.39 is 0 Å². The standard InChI is InChI=1S/C11H16O.C2H6/c1-5-7-9(3)11(6-2)8-10(4)12;1-2/h5-7H,1,8H2,2-4H3;1-2H3/b9-7+,11-6-;. The molecule has 14 heavy (non-hydrogen) atoms. The zero-order chi connectivity index (χ0) is 11.6. The van der Waals surface area contributed by atoms with Gasteiger partial charge >= 0.3 is 0 Å². The topological polar surface area (TPSA) is 17.1 Å². The Hall–Kier alpha value is -1.11. The van der Waals surface area contributed by atoms with Gasteiger partial charge in [-0.05, 0) is 31.9 Å². The number of carbonyl (C=O) groups excluding carboxylic acids is 1. The molecular formula is C13H22O. The second-order valence-corrected chi connectivity index (χ2v) is 2.78. The van der Waals surface area contributed by atoms with Crippen molar-refractivity contribution in [1.82, 2.24) is 0 Å². The average molecular weight is 194 g/mol. The molecule has 0 aromatic carbocycles. The Morgan fingerprint density at radius 3 is 2.07 bits per heavy atom. The third-order valence-electron chi connectivity index (χ3n) is 1.66. The molecule has 0 atom stereocenters. The Kier molecular flexibility index (Phi) is 10.9. The number of ketones is 1. The van der Waals surface area contributed by atoms with Gasteiger partial charge in [-0.25, -0.2) is 0 Å². The first kappa shape index (κ1) is 15.4. The molecular weight excluding hydrogens is 172 g/mol. The van der Waals surface area contributed by atoms with Crippen molar-refractivity contribution in [3.8, 4) is 0 Å². The van der Waals surface area contributed by atoms with Crippen molar-refractivity contribution in [2.24, 2.45) is 0 Å². The maximum Gasteiger partial charge on any atom is 0.134 e. The second kappa shape index (κ2) is 9.97. The van der Waals surface area contributed by atoms with Crippen molar-refractivity contribution in [3.05, 3.63) is 36.0 Å². The van der Waals surface area contributed by atoms with Gasteiger partial charge in [0.2, 0.25) is 0 Å². The molecule has 0 bridgehead atoms. The lowest BCUT2D eigenvalue weighted by Crippen LogP contribution is -1.94. The highest BCUT2D eigenvalue weighted by atomic mass is 16.1. The normalized spacial score (nSPS) is 11.5. The summed E-state index contributed by atoms with van der Waals surface area (Å²) in [7, 11) is 0. The number of hydrogen-bond acceptors (Lipinski definition) is 1. The van der Waals surface area contributed by atoms with Crippen molar-refractivity contribution in [2.45, 2.75) is 41.0 Å². The van der Waals surface area contributed by atoms with Crippen LogP contribution in [0, 0.1) is 0 Å². The third kappa shape index (κ3) is 7.53. The fourth-order valence-corrected chi connectivity index (χ4v) is 1.02. The number of hydrogen-bond donors (Lipinski definition) is 0. The van der Waals surface area contributed by atoms with Gasteiger partial charge in [-0.2, -0.15) is 0 Å². The van der Waals surface area contributed by atoms with Crippen LogP contribution in [0.2, 0.25) is 0 Å². The SMILES string of the molecule is C=C/C=C(C)/C(=C\C)CC(C)=O.CC. The van der Waals surface area contributed by atoms with E-state index in [-0.39, 0.29) is 5.78 Å². The summed E-state index contributed by atoms with van der Waals surface area (Å²) in [5, 5.41) is 0. The Morgan fingerprint density at radius 1 is 1.29 bits per heavy atom. The molecule has 0 radical (unpaired) electrons. The van der Waals surface area contributed by atoms with Crippen LogP contribution in [0.15, 0.2) is 36.0 Å². The number of Topliss-reactive ketones (excluding diaryl/α,β-unsaturated/α-hetero) is 1. The number of allylic oxidation sites excluding steroid dienone is 5. The zero-order valence-electron chi connectivity index (χ0n) is 10.1. The van der Waals surface area contributed by atoms with Crippen LogP contribution < -0.4 is 0 Å². The zero-order valence-corrected chi connectivity index (χ0v) is 10.1. The summed E-state index contributed by atoms with van der Waals surface area (Å²) in [6.45, 7) is 13.1. The van der Waals surface area contributed by atoms with E-state index in [1.54, 1.807) is 13.0 Å². The van der Waals surface area contributed by atoms with Crippen molar-refractivity contribution in [2.75, 3.05) is 0 Å². The van der Waals surface area contributed by atoms with Crippen LogP contribution in [0.1, 0.15) is 41.0 Å². The van der Waals surface area contributed by atoms with E-state index in [9.17, 15) is 4.79 Å². The highest BCUT2D eigenvalue weighted by Crippen LogP contribution is 2.13. The fourth-order valence-electron chi connectivity index (χ4n) is 1.02. The summed E-state index contributed by atoms with van der Waals surface area (Å²) < 4.78 is 0. The van der Waals surface area contributed by atoms with Gasteiger partial charge in [0.1, 0.15) is 5.78 Å². The molecule has 0 amide bonds. The lowest BCUT2D eigenvalue weighted by Gasteiger charge is -2.03. The van der Waals surface area contributed by atoms with E-state index in [1.165, 1.54) is 0 Å². The molecule has 0 N–H and O–H groups in total. The van der Waals surface area contributed by atoms with Crippen LogP contribution in [0.3, 0.4) is 0 Å². The molecule has 80 valence electrons. The van der Waals surface area contributed by atoms with E-state index in [2.05, 4.69) is 6.58 Å². The van der Waals surface area contributed by atoms with Gasteiger partial charge in [-0.15, -0.1) is 0 Å². The minimum absolute atomic E-state index is 0.194. The predicted molar refractivity (Wildman–Crippen MR) is 64.4 cm³/mol. The number of rotatable bonds is 4. The van der Waals surface area contributed by atoms with Gasteiger partial charge in [-0.3, -0.25) is 4.79 Å². The van der Waals surface area contributed by atoms with Gasteiger partial charge < -0.3 is 0 Å². The lowest BCUT2D eigenvalue weighted by molar-refractivity contribution is -0.116.